The lowest BCUT2D eigenvalue weighted by molar-refractivity contribution is -0.131. The van der Waals surface area contributed by atoms with Gasteiger partial charge in [0.25, 0.3) is 6.01 Å². The van der Waals surface area contributed by atoms with Crippen molar-refractivity contribution in [1.82, 2.24) is 19.9 Å². The van der Waals surface area contributed by atoms with Crippen molar-refractivity contribution in [2.75, 3.05) is 42.9 Å². The van der Waals surface area contributed by atoms with Crippen molar-refractivity contribution in [2.45, 2.75) is 6.42 Å². The SMILES string of the molecule is O=C(CCNc1nc2ccccc2o1)N1CCN(c2ncccn2)CC1. The fourth-order valence-corrected chi connectivity index (χ4v) is 2.99. The van der Waals surface area contributed by atoms with E-state index in [1.807, 2.05) is 29.2 Å². The highest BCUT2D eigenvalue weighted by Crippen LogP contribution is 2.18. The lowest BCUT2D eigenvalue weighted by atomic mass is 10.3. The summed E-state index contributed by atoms with van der Waals surface area (Å²) >= 11 is 0. The van der Waals surface area contributed by atoms with Crippen LogP contribution in [0.4, 0.5) is 12.0 Å². The number of hydrogen-bond donors (Lipinski definition) is 1. The Labute approximate surface area is 150 Å². The third-order valence-corrected chi connectivity index (χ3v) is 4.38. The number of benzene rings is 1. The average molecular weight is 352 g/mol. The molecule has 0 aliphatic carbocycles. The third kappa shape index (κ3) is 3.58. The normalized spacial score (nSPS) is 14.6. The minimum Gasteiger partial charge on any atom is -0.424 e. The summed E-state index contributed by atoms with van der Waals surface area (Å²) in [6.07, 6.45) is 3.87. The number of anilines is 2. The van der Waals surface area contributed by atoms with E-state index in [0.29, 0.717) is 32.1 Å². The van der Waals surface area contributed by atoms with Gasteiger partial charge in [0.15, 0.2) is 5.58 Å². The number of oxazole rings is 1. The van der Waals surface area contributed by atoms with Crippen molar-refractivity contribution >= 4 is 29.0 Å². The van der Waals surface area contributed by atoms with Crippen LogP contribution in [0.2, 0.25) is 0 Å². The summed E-state index contributed by atoms with van der Waals surface area (Å²) < 4.78 is 5.59. The molecule has 2 aromatic heterocycles. The van der Waals surface area contributed by atoms with Crippen molar-refractivity contribution in [2.24, 2.45) is 0 Å². The highest BCUT2D eigenvalue weighted by Gasteiger charge is 2.22. The fraction of sp³-hybridized carbons (Fsp3) is 0.333. The number of piperazine rings is 1. The molecule has 0 spiro atoms. The van der Waals surface area contributed by atoms with E-state index in [1.54, 1.807) is 18.5 Å². The van der Waals surface area contributed by atoms with Gasteiger partial charge in [-0.25, -0.2) is 9.97 Å². The Hall–Kier alpha value is -3.16. The molecule has 134 valence electrons. The fourth-order valence-electron chi connectivity index (χ4n) is 2.99. The summed E-state index contributed by atoms with van der Waals surface area (Å²) in [5.41, 5.74) is 1.54. The highest BCUT2D eigenvalue weighted by molar-refractivity contribution is 5.77. The first-order valence-corrected chi connectivity index (χ1v) is 8.69. The molecule has 1 aliphatic heterocycles. The second-order valence-electron chi connectivity index (χ2n) is 6.08. The van der Waals surface area contributed by atoms with E-state index in [2.05, 4.69) is 25.2 Å². The molecule has 0 radical (unpaired) electrons. The number of para-hydroxylation sites is 2. The maximum Gasteiger partial charge on any atom is 0.295 e. The molecule has 1 amide bonds. The number of rotatable bonds is 5. The summed E-state index contributed by atoms with van der Waals surface area (Å²) in [7, 11) is 0. The van der Waals surface area contributed by atoms with Gasteiger partial charge < -0.3 is 19.5 Å². The molecule has 8 heteroatoms. The van der Waals surface area contributed by atoms with Gasteiger partial charge in [0.2, 0.25) is 11.9 Å². The van der Waals surface area contributed by atoms with Gasteiger partial charge in [-0.2, -0.15) is 4.98 Å². The molecule has 26 heavy (non-hydrogen) atoms. The first-order chi connectivity index (χ1) is 12.8. The van der Waals surface area contributed by atoms with Crippen LogP contribution in [0.15, 0.2) is 47.1 Å². The molecule has 1 aromatic carbocycles. The molecule has 4 rings (SSSR count). The number of aromatic nitrogens is 3. The van der Waals surface area contributed by atoms with E-state index in [4.69, 9.17) is 4.42 Å². The van der Waals surface area contributed by atoms with Crippen molar-refractivity contribution in [1.29, 1.82) is 0 Å². The molecular weight excluding hydrogens is 332 g/mol. The van der Waals surface area contributed by atoms with Crippen LogP contribution < -0.4 is 10.2 Å². The van der Waals surface area contributed by atoms with Crippen LogP contribution in [-0.2, 0) is 4.79 Å². The summed E-state index contributed by atoms with van der Waals surface area (Å²) in [6, 6.07) is 9.83. The Bertz CT molecular complexity index is 841. The van der Waals surface area contributed by atoms with Crippen LogP contribution in [-0.4, -0.2) is 58.5 Å². The van der Waals surface area contributed by atoms with Crippen molar-refractivity contribution in [3.05, 3.63) is 42.7 Å². The Morgan fingerprint density at radius 1 is 1.08 bits per heavy atom. The smallest absolute Gasteiger partial charge is 0.295 e. The van der Waals surface area contributed by atoms with Crippen molar-refractivity contribution in [3.8, 4) is 0 Å². The molecule has 0 atom stereocenters. The largest absolute Gasteiger partial charge is 0.424 e. The van der Waals surface area contributed by atoms with Crippen LogP contribution in [0.3, 0.4) is 0 Å². The molecular formula is C18H20N6O2. The maximum atomic E-state index is 12.4. The number of nitrogens with one attached hydrogen (secondary N) is 1. The summed E-state index contributed by atoms with van der Waals surface area (Å²) in [6.45, 7) is 3.34. The van der Waals surface area contributed by atoms with Crippen LogP contribution in [0.5, 0.6) is 0 Å². The Morgan fingerprint density at radius 2 is 1.85 bits per heavy atom. The molecule has 1 fully saturated rings. The molecule has 3 aromatic rings. The van der Waals surface area contributed by atoms with Crippen LogP contribution in [0.1, 0.15) is 6.42 Å². The summed E-state index contributed by atoms with van der Waals surface area (Å²) in [4.78, 5) is 29.2. The number of fused-ring (bicyclic) bond motifs is 1. The van der Waals surface area contributed by atoms with Gasteiger partial charge in [0.05, 0.1) is 0 Å². The minimum absolute atomic E-state index is 0.127. The maximum absolute atomic E-state index is 12.4. The van der Waals surface area contributed by atoms with Crippen LogP contribution >= 0.6 is 0 Å². The van der Waals surface area contributed by atoms with E-state index >= 15 is 0 Å². The van der Waals surface area contributed by atoms with Gasteiger partial charge in [-0.15, -0.1) is 0 Å². The van der Waals surface area contributed by atoms with Gasteiger partial charge in [0, 0.05) is 51.5 Å². The number of nitrogens with zero attached hydrogens (tertiary/aromatic N) is 5. The molecule has 0 unspecified atom stereocenters. The molecule has 1 aliphatic rings. The zero-order valence-electron chi connectivity index (χ0n) is 14.3. The number of carbonyl (C=O) groups is 1. The third-order valence-electron chi connectivity index (χ3n) is 4.38. The van der Waals surface area contributed by atoms with Gasteiger partial charge in [0.1, 0.15) is 5.52 Å². The molecule has 1 saturated heterocycles. The molecule has 8 nitrogen and oxygen atoms in total. The molecule has 3 heterocycles. The topological polar surface area (TPSA) is 87.4 Å². The molecule has 0 saturated carbocycles. The lowest BCUT2D eigenvalue weighted by Gasteiger charge is -2.34. The monoisotopic (exact) mass is 352 g/mol. The van der Waals surface area contributed by atoms with Gasteiger partial charge in [-0.05, 0) is 18.2 Å². The number of carbonyl (C=O) groups excluding carboxylic acids is 1. The van der Waals surface area contributed by atoms with E-state index in [1.165, 1.54) is 0 Å². The summed E-state index contributed by atoms with van der Waals surface area (Å²) in [5, 5.41) is 3.08. The van der Waals surface area contributed by atoms with Crippen molar-refractivity contribution < 1.29 is 9.21 Å². The quantitative estimate of drug-likeness (QED) is 0.749. The standard InChI is InChI=1S/C18H20N6O2/c25-16(6-9-21-18-22-14-4-1-2-5-15(14)26-18)23-10-12-24(13-11-23)17-19-7-3-8-20-17/h1-5,7-8H,6,9-13H2,(H,21,22). The Kier molecular flexibility index (Phi) is 4.63. The second kappa shape index (κ2) is 7.38. The van der Waals surface area contributed by atoms with Gasteiger partial charge in [-0.1, -0.05) is 12.1 Å². The Balaban J connectivity index is 1.24. The molecule has 0 bridgehead atoms. The van der Waals surface area contributed by atoms with E-state index in [-0.39, 0.29) is 5.91 Å². The van der Waals surface area contributed by atoms with E-state index in [9.17, 15) is 4.79 Å². The first kappa shape index (κ1) is 16.3. The summed E-state index contributed by atoms with van der Waals surface area (Å²) in [5.74, 6) is 0.847. The van der Waals surface area contributed by atoms with E-state index < -0.39 is 0 Å². The minimum atomic E-state index is 0.127. The zero-order valence-corrected chi connectivity index (χ0v) is 14.3. The lowest BCUT2D eigenvalue weighted by Crippen LogP contribution is -2.49. The second-order valence-corrected chi connectivity index (χ2v) is 6.08. The Morgan fingerprint density at radius 3 is 2.62 bits per heavy atom. The number of hydrogen-bond acceptors (Lipinski definition) is 7. The predicted octanol–water partition coefficient (Wildman–Crippen LogP) is 1.77. The zero-order chi connectivity index (χ0) is 17.8. The van der Waals surface area contributed by atoms with Gasteiger partial charge >= 0.3 is 0 Å². The van der Waals surface area contributed by atoms with Gasteiger partial charge in [-0.3, -0.25) is 4.79 Å². The highest BCUT2D eigenvalue weighted by atomic mass is 16.4. The van der Waals surface area contributed by atoms with Crippen LogP contribution in [0.25, 0.3) is 11.1 Å². The predicted molar refractivity (Wildman–Crippen MR) is 97.9 cm³/mol. The van der Waals surface area contributed by atoms with Crippen molar-refractivity contribution in [3.63, 3.8) is 0 Å². The van der Waals surface area contributed by atoms with Crippen LogP contribution in [0, 0.1) is 0 Å². The average Bonchev–Trinajstić information content (AvgIpc) is 3.11. The first-order valence-electron chi connectivity index (χ1n) is 8.69. The van der Waals surface area contributed by atoms with E-state index in [0.717, 1.165) is 30.1 Å². The molecule has 1 N–H and O–H groups in total. The number of amides is 1.